The van der Waals surface area contributed by atoms with Crippen molar-refractivity contribution in [2.75, 3.05) is 5.32 Å². The summed E-state index contributed by atoms with van der Waals surface area (Å²) in [5.74, 6) is -0.292. The second-order valence-corrected chi connectivity index (χ2v) is 5.96. The Bertz CT molecular complexity index is 820. The summed E-state index contributed by atoms with van der Waals surface area (Å²) in [6.45, 7) is 5.54. The van der Waals surface area contributed by atoms with E-state index in [-0.39, 0.29) is 5.91 Å². The van der Waals surface area contributed by atoms with Gasteiger partial charge in [-0.15, -0.1) is 11.3 Å². The molecular formula is C18H15ClN2O2S. The van der Waals surface area contributed by atoms with Crippen LogP contribution in [0.15, 0.2) is 59.5 Å². The minimum Gasteiger partial charge on any atom is -0.298 e. The number of carbonyl (C=O) groups excluding carboxylic acids is 2. The van der Waals surface area contributed by atoms with Crippen LogP contribution in [0.1, 0.15) is 33.3 Å². The predicted molar refractivity (Wildman–Crippen MR) is 99.7 cm³/mol. The molecule has 0 spiro atoms. The molecule has 0 radical (unpaired) electrons. The number of nitrogens with one attached hydrogen (secondary N) is 1. The summed E-state index contributed by atoms with van der Waals surface area (Å²) in [7, 11) is 0. The summed E-state index contributed by atoms with van der Waals surface area (Å²) in [6, 6.07) is 6.36. The van der Waals surface area contributed by atoms with E-state index in [1.807, 2.05) is 24.5 Å². The third-order valence-corrected chi connectivity index (χ3v) is 4.20. The Morgan fingerprint density at radius 1 is 1.33 bits per heavy atom. The van der Waals surface area contributed by atoms with Gasteiger partial charge in [-0.25, -0.2) is 4.98 Å². The molecule has 1 N–H and O–H groups in total. The minimum absolute atomic E-state index is 0.292. The highest BCUT2D eigenvalue weighted by atomic mass is 35.5. The first kappa shape index (κ1) is 17.8. The summed E-state index contributed by atoms with van der Waals surface area (Å²) in [4.78, 5) is 27.2. The van der Waals surface area contributed by atoms with Crippen LogP contribution in [-0.2, 0) is 0 Å². The lowest BCUT2D eigenvalue weighted by atomic mass is 10.1. The zero-order valence-corrected chi connectivity index (χ0v) is 14.5. The zero-order chi connectivity index (χ0) is 17.5. The molecule has 1 aromatic carbocycles. The highest BCUT2D eigenvalue weighted by Crippen LogP contribution is 2.27. The van der Waals surface area contributed by atoms with Crippen LogP contribution >= 0.6 is 22.9 Å². The third kappa shape index (κ3) is 4.28. The van der Waals surface area contributed by atoms with Crippen molar-refractivity contribution in [3.63, 3.8) is 0 Å². The van der Waals surface area contributed by atoms with Gasteiger partial charge in [0, 0.05) is 27.1 Å². The fourth-order valence-corrected chi connectivity index (χ4v) is 2.77. The van der Waals surface area contributed by atoms with Crippen LogP contribution in [0.4, 0.5) is 5.13 Å². The van der Waals surface area contributed by atoms with Crippen LogP contribution in [0.5, 0.6) is 0 Å². The smallest absolute Gasteiger partial charge is 0.257 e. The van der Waals surface area contributed by atoms with Crippen LogP contribution in [-0.4, -0.2) is 17.2 Å². The molecule has 24 heavy (non-hydrogen) atoms. The van der Waals surface area contributed by atoms with Crippen LogP contribution in [0, 0.1) is 0 Å². The molecule has 0 saturated heterocycles. The number of rotatable bonds is 6. The van der Waals surface area contributed by atoms with Crippen molar-refractivity contribution in [3.05, 3.63) is 76.3 Å². The summed E-state index contributed by atoms with van der Waals surface area (Å²) in [6.07, 6.45) is 5.96. The summed E-state index contributed by atoms with van der Waals surface area (Å²) in [5, 5.41) is 5.50. The molecular weight excluding hydrogens is 344 g/mol. The number of aromatic nitrogens is 1. The van der Waals surface area contributed by atoms with E-state index >= 15 is 0 Å². The van der Waals surface area contributed by atoms with E-state index in [1.54, 1.807) is 30.3 Å². The van der Waals surface area contributed by atoms with Crippen molar-refractivity contribution in [1.29, 1.82) is 0 Å². The number of aldehydes is 1. The Hall–Kier alpha value is -2.50. The van der Waals surface area contributed by atoms with Crippen LogP contribution in [0.25, 0.3) is 5.57 Å². The molecule has 2 rings (SSSR count). The van der Waals surface area contributed by atoms with Gasteiger partial charge in [0.1, 0.15) is 6.29 Å². The van der Waals surface area contributed by atoms with Gasteiger partial charge < -0.3 is 0 Å². The molecule has 0 aliphatic heterocycles. The van der Waals surface area contributed by atoms with Crippen molar-refractivity contribution in [2.45, 2.75) is 6.92 Å². The van der Waals surface area contributed by atoms with Gasteiger partial charge >= 0.3 is 0 Å². The maximum Gasteiger partial charge on any atom is 0.257 e. The maximum atomic E-state index is 12.2. The number of benzene rings is 1. The van der Waals surface area contributed by atoms with E-state index in [1.165, 1.54) is 11.3 Å². The van der Waals surface area contributed by atoms with E-state index in [9.17, 15) is 9.59 Å². The number of nitrogens with zero attached hydrogens (tertiary/aromatic N) is 1. The summed E-state index contributed by atoms with van der Waals surface area (Å²) < 4.78 is 0. The number of anilines is 1. The minimum atomic E-state index is -0.292. The Labute approximate surface area is 149 Å². The van der Waals surface area contributed by atoms with Gasteiger partial charge in [-0.1, -0.05) is 48.5 Å². The first-order valence-corrected chi connectivity index (χ1v) is 8.32. The molecule has 0 saturated carbocycles. The fraction of sp³-hybridized carbons (Fsp3) is 0.0556. The van der Waals surface area contributed by atoms with E-state index in [2.05, 4.69) is 16.9 Å². The van der Waals surface area contributed by atoms with E-state index in [0.717, 1.165) is 11.9 Å². The first-order chi connectivity index (χ1) is 11.6. The topological polar surface area (TPSA) is 59.1 Å². The molecule has 0 fully saturated rings. The van der Waals surface area contributed by atoms with Crippen molar-refractivity contribution >= 4 is 45.8 Å². The van der Waals surface area contributed by atoms with Crippen LogP contribution < -0.4 is 5.32 Å². The highest BCUT2D eigenvalue weighted by Gasteiger charge is 2.11. The second-order valence-electron chi connectivity index (χ2n) is 4.70. The third-order valence-electron chi connectivity index (χ3n) is 3.08. The van der Waals surface area contributed by atoms with Gasteiger partial charge in [-0.05, 0) is 19.1 Å². The number of carbonyl (C=O) groups is 2. The Balaban J connectivity index is 2.19. The molecule has 2 aromatic rings. The number of hydrogen-bond acceptors (Lipinski definition) is 4. The number of thiazole rings is 1. The van der Waals surface area contributed by atoms with Gasteiger partial charge in [0.05, 0.1) is 5.69 Å². The lowest BCUT2D eigenvalue weighted by molar-refractivity contribution is 0.102. The molecule has 0 unspecified atom stereocenters. The molecule has 122 valence electrons. The van der Waals surface area contributed by atoms with E-state index in [0.29, 0.717) is 27.0 Å². The predicted octanol–water partition coefficient (Wildman–Crippen LogP) is 4.92. The average Bonchev–Trinajstić information content (AvgIpc) is 3.07. The van der Waals surface area contributed by atoms with Crippen LogP contribution in [0.3, 0.4) is 0 Å². The first-order valence-electron chi connectivity index (χ1n) is 7.06. The maximum absolute atomic E-state index is 12.2. The van der Waals surface area contributed by atoms with Crippen molar-refractivity contribution in [3.8, 4) is 0 Å². The van der Waals surface area contributed by atoms with Gasteiger partial charge in [-0.2, -0.15) is 0 Å². The highest BCUT2D eigenvalue weighted by molar-refractivity contribution is 7.14. The average molecular weight is 359 g/mol. The zero-order valence-electron chi connectivity index (χ0n) is 13.0. The molecule has 0 atom stereocenters. The van der Waals surface area contributed by atoms with Crippen molar-refractivity contribution in [1.82, 2.24) is 4.98 Å². The standard InChI is InChI=1S/C18H15ClN2O2S/c1-3-5-14(15(19)4-2)16-11-24-18(20-16)21-17(23)13-8-6-12(10-22)7-9-13/h3-11H,2H2,1H3,(H,20,21,23)/b5-3-,15-14-. The monoisotopic (exact) mass is 358 g/mol. The van der Waals surface area contributed by atoms with Crippen LogP contribution in [0.2, 0.25) is 0 Å². The van der Waals surface area contributed by atoms with Gasteiger partial charge in [0.15, 0.2) is 5.13 Å². The van der Waals surface area contributed by atoms with E-state index < -0.39 is 0 Å². The SMILES string of the molecule is C=C/C(Cl)=C(\C=C/C)c1csc(NC(=O)c2ccc(C=O)cc2)n1. The normalized spacial score (nSPS) is 11.9. The summed E-state index contributed by atoms with van der Waals surface area (Å²) >= 11 is 7.45. The largest absolute Gasteiger partial charge is 0.298 e. The van der Waals surface area contributed by atoms with Gasteiger partial charge in [-0.3, -0.25) is 14.9 Å². The number of amides is 1. The molecule has 0 aliphatic rings. The van der Waals surface area contributed by atoms with Crippen molar-refractivity contribution < 1.29 is 9.59 Å². The molecule has 1 aromatic heterocycles. The Morgan fingerprint density at radius 3 is 2.62 bits per heavy atom. The lowest BCUT2D eigenvalue weighted by Gasteiger charge is -2.02. The number of halogens is 1. The lowest BCUT2D eigenvalue weighted by Crippen LogP contribution is -2.11. The fourth-order valence-electron chi connectivity index (χ4n) is 1.90. The second kappa shape index (κ2) is 8.38. The number of allylic oxidation sites excluding steroid dienone is 5. The van der Waals surface area contributed by atoms with Crippen molar-refractivity contribution in [2.24, 2.45) is 0 Å². The van der Waals surface area contributed by atoms with E-state index in [4.69, 9.17) is 11.6 Å². The number of hydrogen-bond donors (Lipinski definition) is 1. The molecule has 1 heterocycles. The summed E-state index contributed by atoms with van der Waals surface area (Å²) in [5.41, 5.74) is 2.37. The molecule has 6 heteroatoms. The Kier molecular flexibility index (Phi) is 6.23. The quantitative estimate of drug-likeness (QED) is 0.589. The molecule has 4 nitrogen and oxygen atoms in total. The van der Waals surface area contributed by atoms with Gasteiger partial charge in [0.25, 0.3) is 5.91 Å². The Morgan fingerprint density at radius 2 is 2.04 bits per heavy atom. The molecule has 0 bridgehead atoms. The van der Waals surface area contributed by atoms with Gasteiger partial charge in [0.2, 0.25) is 0 Å². The molecule has 1 amide bonds. The molecule has 0 aliphatic carbocycles.